The van der Waals surface area contributed by atoms with Crippen LogP contribution in [0.2, 0.25) is 0 Å². The number of amides is 1. The maximum Gasteiger partial charge on any atom is 0.235 e. The monoisotopic (exact) mass is 307 g/mol. The molecule has 0 aliphatic rings. The molecule has 1 N–H and O–H groups in total. The predicted molar refractivity (Wildman–Crippen MR) is 83.9 cm³/mol. The Morgan fingerprint density at radius 1 is 1.25 bits per heavy atom. The minimum Gasteiger partial charge on any atom is -0.350 e. The summed E-state index contributed by atoms with van der Waals surface area (Å²) in [4.78, 5) is 13.1. The van der Waals surface area contributed by atoms with Crippen molar-refractivity contribution < 1.29 is 9.00 Å². The fraction of sp³-hybridized carbons (Fsp3) is 0.267. The summed E-state index contributed by atoms with van der Waals surface area (Å²) in [6, 6.07) is 13.5. The van der Waals surface area contributed by atoms with Crippen molar-refractivity contribution in [1.29, 1.82) is 0 Å². The molecule has 3 nitrogen and oxygen atoms in total. The van der Waals surface area contributed by atoms with Gasteiger partial charge >= 0.3 is 0 Å². The molecule has 0 saturated carbocycles. The molecule has 2 aromatic rings. The normalized spacial score (nSPS) is 13.7. The maximum absolute atomic E-state index is 12.2. The van der Waals surface area contributed by atoms with Gasteiger partial charge in [0.25, 0.3) is 0 Å². The van der Waals surface area contributed by atoms with Gasteiger partial charge in [0.15, 0.2) is 0 Å². The summed E-state index contributed by atoms with van der Waals surface area (Å²) in [5.41, 5.74) is 0.990. The summed E-state index contributed by atoms with van der Waals surface area (Å²) in [6.07, 6.45) is 0. The highest BCUT2D eigenvalue weighted by Gasteiger charge is 2.19. The summed E-state index contributed by atoms with van der Waals surface area (Å²) in [6.45, 7) is 2.21. The van der Waals surface area contributed by atoms with Crippen LogP contribution in [0.5, 0.6) is 0 Å². The Bertz CT molecular complexity index is 567. The first kappa shape index (κ1) is 14.9. The molecule has 1 amide bonds. The van der Waals surface area contributed by atoms with Crippen LogP contribution in [-0.4, -0.2) is 15.4 Å². The fourth-order valence-corrected chi connectivity index (χ4v) is 3.45. The van der Waals surface area contributed by atoms with Gasteiger partial charge in [-0.3, -0.25) is 9.00 Å². The van der Waals surface area contributed by atoms with E-state index in [1.54, 1.807) is 18.3 Å². The smallest absolute Gasteiger partial charge is 0.235 e. The minimum atomic E-state index is -1.20. The Labute approximate surface area is 125 Å². The molecule has 20 heavy (non-hydrogen) atoms. The number of carbonyl (C=O) groups is 1. The van der Waals surface area contributed by atoms with Gasteiger partial charge in [-0.1, -0.05) is 36.4 Å². The van der Waals surface area contributed by atoms with E-state index in [1.165, 1.54) is 0 Å². The second kappa shape index (κ2) is 7.36. The van der Waals surface area contributed by atoms with Crippen molar-refractivity contribution in [2.24, 2.45) is 0 Å². The number of hydrogen-bond acceptors (Lipinski definition) is 3. The van der Waals surface area contributed by atoms with E-state index in [1.807, 2.05) is 47.8 Å². The summed E-state index contributed by atoms with van der Waals surface area (Å²) >= 11 is 1.60. The summed E-state index contributed by atoms with van der Waals surface area (Å²) in [7, 11) is -1.20. The number of carbonyl (C=O) groups excluding carboxylic acids is 1. The first-order chi connectivity index (χ1) is 9.66. The molecule has 1 heterocycles. The Hall–Kier alpha value is -1.46. The summed E-state index contributed by atoms with van der Waals surface area (Å²) in [5, 5.41) is 4.30. The van der Waals surface area contributed by atoms with Gasteiger partial charge in [0.05, 0.1) is 6.54 Å². The van der Waals surface area contributed by atoms with Crippen LogP contribution in [0.3, 0.4) is 0 Å². The second-order valence-electron chi connectivity index (χ2n) is 4.45. The van der Waals surface area contributed by atoms with E-state index < -0.39 is 16.0 Å². The average molecular weight is 307 g/mol. The standard InChI is InChI=1S/C15H17NO2S2/c1-12(15(17)16-10-14-8-5-9-19-14)20(18)11-13-6-3-2-4-7-13/h2-9,12H,10-11H2,1H3,(H,16,17). The summed E-state index contributed by atoms with van der Waals surface area (Å²) in [5.74, 6) is 0.252. The van der Waals surface area contributed by atoms with Crippen LogP contribution in [0.25, 0.3) is 0 Å². The number of benzene rings is 1. The summed E-state index contributed by atoms with van der Waals surface area (Å²) < 4.78 is 12.2. The Balaban J connectivity index is 1.85. The molecule has 0 fully saturated rings. The van der Waals surface area contributed by atoms with Gasteiger partial charge in [0.1, 0.15) is 5.25 Å². The van der Waals surface area contributed by atoms with Crippen LogP contribution < -0.4 is 5.32 Å². The van der Waals surface area contributed by atoms with Crippen LogP contribution in [-0.2, 0) is 27.9 Å². The van der Waals surface area contributed by atoms with Crippen LogP contribution in [0.4, 0.5) is 0 Å². The largest absolute Gasteiger partial charge is 0.350 e. The van der Waals surface area contributed by atoms with E-state index in [-0.39, 0.29) is 5.91 Å². The molecule has 0 aliphatic carbocycles. The number of hydrogen-bond donors (Lipinski definition) is 1. The predicted octanol–water partition coefficient (Wildman–Crippen LogP) is 2.70. The van der Waals surface area contributed by atoms with E-state index in [0.29, 0.717) is 12.3 Å². The molecular formula is C15H17NO2S2. The molecule has 0 saturated heterocycles. The van der Waals surface area contributed by atoms with Gasteiger partial charge in [-0.2, -0.15) is 0 Å². The third-order valence-electron chi connectivity index (χ3n) is 2.93. The third kappa shape index (κ3) is 4.28. The highest BCUT2D eigenvalue weighted by molar-refractivity contribution is 7.85. The molecule has 0 aliphatic heterocycles. The zero-order valence-corrected chi connectivity index (χ0v) is 12.9. The topological polar surface area (TPSA) is 46.2 Å². The Kier molecular flexibility index (Phi) is 5.49. The van der Waals surface area contributed by atoms with Gasteiger partial charge in [-0.25, -0.2) is 0 Å². The van der Waals surface area contributed by atoms with Crippen molar-refractivity contribution in [3.05, 3.63) is 58.3 Å². The maximum atomic E-state index is 12.2. The molecular weight excluding hydrogens is 290 g/mol. The molecule has 0 bridgehead atoms. The van der Waals surface area contributed by atoms with Crippen molar-refractivity contribution in [1.82, 2.24) is 5.32 Å². The minimum absolute atomic E-state index is 0.160. The molecule has 1 aromatic heterocycles. The van der Waals surface area contributed by atoms with Crippen LogP contribution in [0.15, 0.2) is 47.8 Å². The Morgan fingerprint density at radius 2 is 2.00 bits per heavy atom. The van der Waals surface area contributed by atoms with Crippen molar-refractivity contribution in [2.75, 3.05) is 0 Å². The molecule has 1 aromatic carbocycles. The van der Waals surface area contributed by atoms with Gasteiger partial charge in [-0.05, 0) is 23.9 Å². The fourth-order valence-electron chi connectivity index (χ4n) is 1.71. The zero-order chi connectivity index (χ0) is 14.4. The quantitative estimate of drug-likeness (QED) is 0.892. The average Bonchev–Trinajstić information content (AvgIpc) is 2.98. The van der Waals surface area contributed by atoms with E-state index >= 15 is 0 Å². The van der Waals surface area contributed by atoms with Crippen molar-refractivity contribution in [2.45, 2.75) is 24.5 Å². The van der Waals surface area contributed by atoms with Crippen LogP contribution in [0.1, 0.15) is 17.4 Å². The number of nitrogens with one attached hydrogen (secondary N) is 1. The van der Waals surface area contributed by atoms with Gasteiger partial charge < -0.3 is 5.32 Å². The molecule has 0 radical (unpaired) electrons. The van der Waals surface area contributed by atoms with E-state index in [0.717, 1.165) is 10.4 Å². The van der Waals surface area contributed by atoms with E-state index in [2.05, 4.69) is 5.32 Å². The third-order valence-corrected chi connectivity index (χ3v) is 5.43. The van der Waals surface area contributed by atoms with Gasteiger partial charge in [0, 0.05) is 21.4 Å². The number of rotatable bonds is 6. The molecule has 2 atom stereocenters. The number of thiophene rings is 1. The molecule has 106 valence electrons. The highest BCUT2D eigenvalue weighted by atomic mass is 32.2. The van der Waals surface area contributed by atoms with Crippen LogP contribution >= 0.6 is 11.3 Å². The van der Waals surface area contributed by atoms with Gasteiger partial charge in [-0.15, -0.1) is 11.3 Å². The molecule has 2 rings (SSSR count). The SMILES string of the molecule is CC(C(=O)NCc1cccs1)S(=O)Cc1ccccc1. The first-order valence-corrected chi connectivity index (χ1v) is 8.64. The second-order valence-corrected chi connectivity index (χ2v) is 7.24. The van der Waals surface area contributed by atoms with Crippen molar-refractivity contribution in [3.8, 4) is 0 Å². The van der Waals surface area contributed by atoms with E-state index in [4.69, 9.17) is 0 Å². The lowest BCUT2D eigenvalue weighted by Crippen LogP contribution is -2.35. The van der Waals surface area contributed by atoms with Crippen molar-refractivity contribution >= 4 is 28.0 Å². The lowest BCUT2D eigenvalue weighted by Gasteiger charge is -2.11. The lowest BCUT2D eigenvalue weighted by molar-refractivity contribution is -0.120. The molecule has 0 spiro atoms. The van der Waals surface area contributed by atoms with Crippen LogP contribution in [0, 0.1) is 0 Å². The first-order valence-electron chi connectivity index (χ1n) is 6.38. The lowest BCUT2D eigenvalue weighted by atomic mass is 10.2. The Morgan fingerprint density at radius 3 is 2.65 bits per heavy atom. The van der Waals surface area contributed by atoms with Crippen molar-refractivity contribution in [3.63, 3.8) is 0 Å². The highest BCUT2D eigenvalue weighted by Crippen LogP contribution is 2.09. The zero-order valence-electron chi connectivity index (χ0n) is 11.2. The molecule has 5 heteroatoms. The van der Waals surface area contributed by atoms with Gasteiger partial charge in [0.2, 0.25) is 5.91 Å². The molecule has 2 unspecified atom stereocenters. The van der Waals surface area contributed by atoms with E-state index in [9.17, 15) is 9.00 Å².